The van der Waals surface area contributed by atoms with Gasteiger partial charge in [-0.25, -0.2) is 0 Å². The highest BCUT2D eigenvalue weighted by molar-refractivity contribution is 8.00. The molecule has 0 bridgehead atoms. The van der Waals surface area contributed by atoms with Crippen LogP contribution in [0, 0.1) is 0 Å². The summed E-state index contributed by atoms with van der Waals surface area (Å²) in [6.07, 6.45) is 0. The molecular formula is C12H11ClF3NOS. The molecule has 19 heavy (non-hydrogen) atoms. The van der Waals surface area contributed by atoms with Gasteiger partial charge in [-0.15, -0.1) is 0 Å². The molecule has 1 aromatic carbocycles. The van der Waals surface area contributed by atoms with Crippen LogP contribution < -0.4 is 5.32 Å². The SMILES string of the molecule is FC(F)(F)SCCNCc1c(Cl)oc2ccccc12. The van der Waals surface area contributed by atoms with Crippen molar-refractivity contribution in [2.75, 3.05) is 12.3 Å². The fraction of sp³-hybridized carbons (Fsp3) is 0.333. The van der Waals surface area contributed by atoms with Gasteiger partial charge in [-0.05, 0) is 29.4 Å². The van der Waals surface area contributed by atoms with Crippen LogP contribution >= 0.6 is 23.4 Å². The molecule has 104 valence electrons. The fourth-order valence-electron chi connectivity index (χ4n) is 1.69. The Bertz CT molecular complexity index is 555. The second-order valence-corrected chi connectivity index (χ2v) is 5.32. The molecule has 2 rings (SSSR count). The van der Waals surface area contributed by atoms with E-state index in [-0.39, 0.29) is 29.3 Å². The van der Waals surface area contributed by atoms with Gasteiger partial charge >= 0.3 is 5.51 Å². The summed E-state index contributed by atoms with van der Waals surface area (Å²) in [6.45, 7) is 0.633. The Morgan fingerprint density at radius 1 is 1.26 bits per heavy atom. The molecule has 0 fully saturated rings. The van der Waals surface area contributed by atoms with Gasteiger partial charge in [0.15, 0.2) is 5.22 Å². The van der Waals surface area contributed by atoms with Crippen molar-refractivity contribution < 1.29 is 17.6 Å². The van der Waals surface area contributed by atoms with Crippen molar-refractivity contribution in [1.82, 2.24) is 5.32 Å². The van der Waals surface area contributed by atoms with E-state index in [1.165, 1.54) is 0 Å². The lowest BCUT2D eigenvalue weighted by Crippen LogP contribution is -2.18. The standard InChI is InChI=1S/C12H11ClF3NOS/c13-11-9(7-17-5-6-19-12(14,15)16)8-3-1-2-4-10(8)18-11/h1-4,17H,5-7H2. The highest BCUT2D eigenvalue weighted by Crippen LogP contribution is 2.30. The molecule has 0 amide bonds. The van der Waals surface area contributed by atoms with Gasteiger partial charge in [0.05, 0.1) is 0 Å². The first-order valence-corrected chi connectivity index (χ1v) is 6.91. The molecule has 0 aliphatic rings. The van der Waals surface area contributed by atoms with Gasteiger partial charge in [0.2, 0.25) is 0 Å². The molecule has 0 atom stereocenters. The number of rotatable bonds is 5. The van der Waals surface area contributed by atoms with E-state index in [1.807, 2.05) is 18.2 Å². The van der Waals surface area contributed by atoms with Crippen LogP contribution in [0.1, 0.15) is 5.56 Å². The number of benzene rings is 1. The maximum absolute atomic E-state index is 11.9. The van der Waals surface area contributed by atoms with Crippen molar-refractivity contribution in [2.24, 2.45) is 0 Å². The van der Waals surface area contributed by atoms with E-state index in [2.05, 4.69) is 5.32 Å². The van der Waals surface area contributed by atoms with Crippen LogP contribution in [0.4, 0.5) is 13.2 Å². The molecule has 1 aromatic heterocycles. The number of fused-ring (bicyclic) bond motifs is 1. The molecule has 0 unspecified atom stereocenters. The van der Waals surface area contributed by atoms with Gasteiger partial charge in [-0.1, -0.05) is 18.2 Å². The third kappa shape index (κ3) is 4.06. The van der Waals surface area contributed by atoms with E-state index in [9.17, 15) is 13.2 Å². The van der Waals surface area contributed by atoms with E-state index >= 15 is 0 Å². The van der Waals surface area contributed by atoms with Gasteiger partial charge < -0.3 is 9.73 Å². The van der Waals surface area contributed by atoms with Gasteiger partial charge in [0, 0.05) is 29.8 Å². The Morgan fingerprint density at radius 2 is 2.00 bits per heavy atom. The lowest BCUT2D eigenvalue weighted by molar-refractivity contribution is -0.0327. The first kappa shape index (κ1) is 14.6. The molecule has 0 radical (unpaired) electrons. The van der Waals surface area contributed by atoms with Crippen LogP contribution in [0.3, 0.4) is 0 Å². The molecule has 0 saturated carbocycles. The lowest BCUT2D eigenvalue weighted by Gasteiger charge is -2.06. The molecule has 1 N–H and O–H groups in total. The lowest BCUT2D eigenvalue weighted by atomic mass is 10.2. The van der Waals surface area contributed by atoms with Crippen LogP contribution in [0.15, 0.2) is 28.7 Å². The van der Waals surface area contributed by atoms with Gasteiger partial charge in [-0.2, -0.15) is 13.2 Å². The molecule has 0 aliphatic carbocycles. The Labute approximate surface area is 117 Å². The maximum atomic E-state index is 11.9. The second kappa shape index (κ2) is 6.07. The number of para-hydroxylation sites is 1. The normalized spacial score (nSPS) is 12.2. The second-order valence-electron chi connectivity index (χ2n) is 3.82. The summed E-state index contributed by atoms with van der Waals surface area (Å²) in [7, 11) is 0. The number of hydrogen-bond acceptors (Lipinski definition) is 3. The first-order chi connectivity index (χ1) is 8.97. The van der Waals surface area contributed by atoms with Crippen molar-refractivity contribution in [3.63, 3.8) is 0 Å². The van der Waals surface area contributed by atoms with Crippen LogP contribution in [-0.2, 0) is 6.54 Å². The average molecular weight is 310 g/mol. The zero-order valence-corrected chi connectivity index (χ0v) is 11.3. The van der Waals surface area contributed by atoms with E-state index in [1.54, 1.807) is 6.07 Å². The number of nitrogens with one attached hydrogen (secondary N) is 1. The minimum absolute atomic E-state index is 0.0309. The van der Waals surface area contributed by atoms with E-state index in [4.69, 9.17) is 16.0 Å². The number of hydrogen-bond donors (Lipinski definition) is 1. The van der Waals surface area contributed by atoms with Gasteiger partial charge in [0.25, 0.3) is 0 Å². The molecule has 0 spiro atoms. The van der Waals surface area contributed by atoms with Crippen LogP contribution in [0.25, 0.3) is 11.0 Å². The maximum Gasteiger partial charge on any atom is 0.441 e. The minimum atomic E-state index is -4.18. The molecule has 0 saturated heterocycles. The summed E-state index contributed by atoms with van der Waals surface area (Å²) in [5, 5.41) is 4.08. The Morgan fingerprint density at radius 3 is 2.74 bits per heavy atom. The highest BCUT2D eigenvalue weighted by Gasteiger charge is 2.27. The monoisotopic (exact) mass is 309 g/mol. The summed E-state index contributed by atoms with van der Waals surface area (Å²) in [6, 6.07) is 7.35. The summed E-state index contributed by atoms with van der Waals surface area (Å²) in [4.78, 5) is 0. The molecule has 2 nitrogen and oxygen atoms in total. The third-order valence-corrected chi connectivity index (χ3v) is 3.54. The van der Waals surface area contributed by atoms with Crippen molar-refractivity contribution >= 4 is 34.3 Å². The largest absolute Gasteiger partial charge is 0.444 e. The molecular weight excluding hydrogens is 299 g/mol. The smallest absolute Gasteiger partial charge is 0.441 e. The predicted octanol–water partition coefficient (Wildman–Crippen LogP) is 4.43. The van der Waals surface area contributed by atoms with Crippen LogP contribution in [0.5, 0.6) is 0 Å². The van der Waals surface area contributed by atoms with Crippen molar-refractivity contribution in [1.29, 1.82) is 0 Å². The van der Waals surface area contributed by atoms with E-state index < -0.39 is 5.51 Å². The number of furan rings is 1. The van der Waals surface area contributed by atoms with Crippen molar-refractivity contribution in [3.8, 4) is 0 Å². The van der Waals surface area contributed by atoms with Gasteiger partial charge in [0.1, 0.15) is 5.58 Å². The molecule has 1 heterocycles. The number of alkyl halides is 3. The summed E-state index contributed by atoms with van der Waals surface area (Å²) < 4.78 is 41.1. The van der Waals surface area contributed by atoms with Crippen molar-refractivity contribution in [2.45, 2.75) is 12.1 Å². The van der Waals surface area contributed by atoms with E-state index in [0.717, 1.165) is 10.9 Å². The Kier molecular flexibility index (Phi) is 4.65. The summed E-state index contributed by atoms with van der Waals surface area (Å²) in [5.41, 5.74) is -2.73. The number of halogens is 4. The van der Waals surface area contributed by atoms with E-state index in [0.29, 0.717) is 12.1 Å². The highest BCUT2D eigenvalue weighted by atomic mass is 35.5. The Hall–Kier alpha value is -0.850. The number of thioether (sulfide) groups is 1. The van der Waals surface area contributed by atoms with Gasteiger partial charge in [-0.3, -0.25) is 0 Å². The minimum Gasteiger partial charge on any atom is -0.444 e. The molecule has 7 heteroatoms. The fourth-order valence-corrected chi connectivity index (χ4v) is 2.42. The molecule has 2 aromatic rings. The summed E-state index contributed by atoms with van der Waals surface area (Å²) >= 11 is 5.92. The topological polar surface area (TPSA) is 25.2 Å². The Balaban J connectivity index is 1.90. The van der Waals surface area contributed by atoms with Crippen LogP contribution in [-0.4, -0.2) is 17.8 Å². The zero-order chi connectivity index (χ0) is 13.9. The zero-order valence-electron chi connectivity index (χ0n) is 9.76. The third-order valence-electron chi connectivity index (χ3n) is 2.50. The first-order valence-electron chi connectivity index (χ1n) is 5.54. The predicted molar refractivity (Wildman–Crippen MR) is 71.4 cm³/mol. The van der Waals surface area contributed by atoms with Crippen molar-refractivity contribution in [3.05, 3.63) is 35.0 Å². The van der Waals surface area contributed by atoms with Crippen LogP contribution in [0.2, 0.25) is 5.22 Å². The summed E-state index contributed by atoms with van der Waals surface area (Å²) in [5.74, 6) is -0.0309. The average Bonchev–Trinajstić information content (AvgIpc) is 2.64. The molecule has 0 aliphatic heterocycles. The quantitative estimate of drug-likeness (QED) is 0.827.